The third kappa shape index (κ3) is 3.32. The van der Waals surface area contributed by atoms with Gasteiger partial charge in [0, 0.05) is 0 Å². The molecule has 0 aromatic heterocycles. The van der Waals surface area contributed by atoms with E-state index in [1.54, 1.807) is 0 Å². The summed E-state index contributed by atoms with van der Waals surface area (Å²) in [6.45, 7) is 16.0. The number of benzene rings is 1. The molecule has 0 spiro atoms. The topological polar surface area (TPSA) is 3.24 Å². The van der Waals surface area contributed by atoms with Crippen LogP contribution in [0.5, 0.6) is 0 Å². The summed E-state index contributed by atoms with van der Waals surface area (Å²) in [4.78, 5) is 0. The Morgan fingerprint density at radius 1 is 1.05 bits per heavy atom. The van der Waals surface area contributed by atoms with Crippen LogP contribution in [0.15, 0.2) is 41.0 Å². The molecule has 1 aliphatic carbocycles. The summed E-state index contributed by atoms with van der Waals surface area (Å²) in [7, 11) is 0. The first-order chi connectivity index (χ1) is 10.1. The maximum absolute atomic E-state index is 2.46. The van der Waals surface area contributed by atoms with Crippen molar-refractivity contribution in [1.29, 1.82) is 0 Å². The van der Waals surface area contributed by atoms with E-state index in [-0.39, 0.29) is 5.54 Å². The van der Waals surface area contributed by atoms with Gasteiger partial charge in [-0.3, -0.25) is 0 Å². The summed E-state index contributed by atoms with van der Waals surface area (Å²) in [5.74, 6) is 0. The van der Waals surface area contributed by atoms with Gasteiger partial charge in [-0.15, -0.1) is 0 Å². The average Bonchev–Trinajstić information content (AvgIpc) is 2.72. The fourth-order valence-electron chi connectivity index (χ4n) is 3.23. The molecular weight excluding hydrogens is 302 g/mol. The average molecular weight is 330 g/mol. The molecule has 0 N–H and O–H groups in total. The number of hydrogen-bond donors (Lipinski definition) is 0. The summed E-state index contributed by atoms with van der Waals surface area (Å²) in [5, 5.41) is 0. The number of allylic oxidation sites excluding steroid dienone is 4. The molecule has 2 rings (SSSR count). The van der Waals surface area contributed by atoms with E-state index >= 15 is 0 Å². The molecule has 0 radical (unpaired) electrons. The molecule has 0 fully saturated rings. The van der Waals surface area contributed by atoms with Crippen LogP contribution in [0.4, 0.5) is 0 Å². The van der Waals surface area contributed by atoms with Crippen LogP contribution in [0.3, 0.4) is 0 Å². The third-order valence-electron chi connectivity index (χ3n) is 4.94. The van der Waals surface area contributed by atoms with E-state index < -0.39 is 0 Å². The monoisotopic (exact) mass is 330 g/mol. The summed E-state index contributed by atoms with van der Waals surface area (Å²) in [6.07, 6.45) is 1.10. The van der Waals surface area contributed by atoms with E-state index in [2.05, 4.69) is 96.8 Å². The number of nitrogens with zero attached hydrogens (tertiary/aromatic N) is 1. The minimum atomic E-state index is 0.162. The van der Waals surface area contributed by atoms with Crippen molar-refractivity contribution in [2.75, 3.05) is 0 Å². The molecule has 0 bridgehead atoms. The maximum atomic E-state index is 2.46. The van der Waals surface area contributed by atoms with E-state index in [1.165, 1.54) is 33.4 Å². The van der Waals surface area contributed by atoms with E-state index in [0.29, 0.717) is 6.04 Å². The van der Waals surface area contributed by atoms with E-state index in [1.807, 2.05) is 0 Å². The molecule has 1 unspecified atom stereocenters. The Bertz CT molecular complexity index is 631. The molecule has 0 saturated heterocycles. The van der Waals surface area contributed by atoms with Gasteiger partial charge in [-0.25, -0.2) is 0 Å². The second kappa shape index (κ2) is 6.47. The predicted octanol–water partition coefficient (Wildman–Crippen LogP) is 5.82. The summed E-state index contributed by atoms with van der Waals surface area (Å²) in [6, 6.07) is 9.34. The first kappa shape index (κ1) is 17.7. The Morgan fingerprint density at radius 3 is 2.14 bits per heavy atom. The summed E-state index contributed by atoms with van der Waals surface area (Å²) >= 11 is 2.23. The zero-order valence-corrected chi connectivity index (χ0v) is 16.6. The summed E-state index contributed by atoms with van der Waals surface area (Å²) < 4.78 is 2.46. The molecule has 2 heteroatoms. The van der Waals surface area contributed by atoms with Crippen molar-refractivity contribution in [1.82, 2.24) is 3.38 Å². The van der Waals surface area contributed by atoms with Gasteiger partial charge >= 0.3 is 148 Å². The van der Waals surface area contributed by atoms with Crippen molar-refractivity contribution in [3.05, 3.63) is 52.1 Å². The van der Waals surface area contributed by atoms with Crippen molar-refractivity contribution in [3.63, 3.8) is 0 Å². The fraction of sp³-hybridized carbons (Fsp3) is 0.500. The predicted molar refractivity (Wildman–Crippen MR) is 92.0 cm³/mol. The third-order valence-corrected chi connectivity index (χ3v) is 6.60. The van der Waals surface area contributed by atoms with Crippen LogP contribution in [0.25, 0.3) is 5.57 Å². The van der Waals surface area contributed by atoms with Crippen molar-refractivity contribution >= 4 is 5.57 Å². The zero-order valence-electron chi connectivity index (χ0n) is 15.0. The quantitative estimate of drug-likeness (QED) is 0.631. The van der Waals surface area contributed by atoms with E-state index in [0.717, 1.165) is 6.42 Å². The Kier molecular flexibility index (Phi) is 5.21. The van der Waals surface area contributed by atoms with Crippen molar-refractivity contribution in [3.8, 4) is 0 Å². The van der Waals surface area contributed by atoms with Gasteiger partial charge in [-0.2, -0.15) is 0 Å². The van der Waals surface area contributed by atoms with Gasteiger partial charge in [0.15, 0.2) is 0 Å². The van der Waals surface area contributed by atoms with E-state index in [9.17, 15) is 0 Å². The first-order valence-electron chi connectivity index (χ1n) is 8.11. The number of hydrogen-bond acceptors (Lipinski definition) is 1. The van der Waals surface area contributed by atoms with Crippen molar-refractivity contribution in [2.24, 2.45) is 0 Å². The Labute approximate surface area is 148 Å². The molecule has 0 amide bonds. The molecule has 0 heterocycles. The van der Waals surface area contributed by atoms with Crippen LogP contribution in [0.2, 0.25) is 0 Å². The van der Waals surface area contributed by atoms with Gasteiger partial charge in [-0.1, -0.05) is 0 Å². The molecule has 1 aliphatic rings. The number of rotatable bonds is 3. The molecule has 1 aromatic rings. The Balaban J connectivity index is 2.46. The molecule has 1 atom stereocenters. The van der Waals surface area contributed by atoms with Crippen LogP contribution >= 0.6 is 0 Å². The zero-order chi connectivity index (χ0) is 16.7. The molecule has 117 valence electrons. The fourth-order valence-corrected chi connectivity index (χ4v) is 3.45. The van der Waals surface area contributed by atoms with Crippen LogP contribution in [0.1, 0.15) is 72.1 Å². The van der Waals surface area contributed by atoms with Gasteiger partial charge in [0.05, 0.1) is 0 Å². The minimum absolute atomic E-state index is 0.162. The molecular formula is C20H28NTi. The molecule has 1 aromatic carbocycles. The van der Waals surface area contributed by atoms with Gasteiger partial charge in [-0.05, 0) is 0 Å². The summed E-state index contributed by atoms with van der Waals surface area (Å²) in [5.41, 5.74) is 9.00. The standard InChI is InChI=1S/C20H28N.Ti/c1-13-12-19(15(3)14(13)2)18-11-9-8-10-17(18)16(4)21-20(5,6)7;/h8-11,16H,12H2,1-7H3;/q-1;+1. The van der Waals surface area contributed by atoms with Crippen LogP contribution < -0.4 is 0 Å². The van der Waals surface area contributed by atoms with Crippen molar-refractivity contribution < 1.29 is 20.7 Å². The second-order valence-electron chi connectivity index (χ2n) is 7.49. The van der Waals surface area contributed by atoms with Crippen molar-refractivity contribution in [2.45, 2.75) is 66.5 Å². The molecule has 22 heavy (non-hydrogen) atoms. The van der Waals surface area contributed by atoms with Crippen LogP contribution in [-0.4, -0.2) is 8.92 Å². The molecule has 0 aliphatic heterocycles. The molecule has 0 saturated carbocycles. The normalized spacial score (nSPS) is 17.6. The SMILES string of the molecule is CC1=C(C)C(C)=C(c2ccccc2C(C)[N]([Ti])C(C)(C)C)C1. The van der Waals surface area contributed by atoms with Gasteiger partial charge in [0.2, 0.25) is 0 Å². The van der Waals surface area contributed by atoms with E-state index in [4.69, 9.17) is 0 Å². The van der Waals surface area contributed by atoms with Gasteiger partial charge in [0.1, 0.15) is 0 Å². The van der Waals surface area contributed by atoms with Crippen LogP contribution in [-0.2, 0) is 20.7 Å². The van der Waals surface area contributed by atoms with Gasteiger partial charge < -0.3 is 0 Å². The Morgan fingerprint density at radius 2 is 1.64 bits per heavy atom. The Hall–Kier alpha value is -0.626. The molecule has 1 nitrogen and oxygen atoms in total. The van der Waals surface area contributed by atoms with Crippen LogP contribution in [0, 0.1) is 0 Å². The first-order valence-corrected chi connectivity index (χ1v) is 8.80. The second-order valence-corrected chi connectivity index (χ2v) is 8.24. The van der Waals surface area contributed by atoms with Gasteiger partial charge in [0.25, 0.3) is 0 Å².